The minimum Gasteiger partial charge on any atom is -0.394 e. The van der Waals surface area contributed by atoms with Crippen molar-refractivity contribution >= 4 is 31.3 Å². The Morgan fingerprint density at radius 1 is 1.31 bits per heavy atom. The molecule has 208 valence electrons. The standard InChI is InChI=1S/C27H35N6O5P/c1-18(2)33(19(3)4)39(36-14-12-28-5)38-22-15-24(37-23(22)16-34)32-13-11-21-25(29-17-30-26(21)32)31-27(35)20-9-7-6-8-10-20/h6-11,13,17-19,22-24,34H,12,14-16H2,1-4H3,(H,29,30,31,35)/t22-,23-,24-,39?/m1/s1/i34T. The number of hydrogen-bond donors (Lipinski definition) is 2. The Bertz CT molecular complexity index is 1300. The molecule has 1 unspecified atom stereocenters. The fourth-order valence-corrected chi connectivity index (χ4v) is 6.36. The lowest BCUT2D eigenvalue weighted by Gasteiger charge is -2.37. The highest BCUT2D eigenvalue weighted by Gasteiger charge is 2.41. The van der Waals surface area contributed by atoms with Gasteiger partial charge in [0.2, 0.25) is 7.98 Å². The van der Waals surface area contributed by atoms with Gasteiger partial charge in [-0.05, 0) is 45.9 Å². The van der Waals surface area contributed by atoms with E-state index in [0.29, 0.717) is 28.8 Å². The van der Waals surface area contributed by atoms with Gasteiger partial charge in [-0.2, -0.15) is 0 Å². The van der Waals surface area contributed by atoms with Crippen LogP contribution in [0.3, 0.4) is 0 Å². The number of hydrogen-bond acceptors (Lipinski definition) is 8. The summed E-state index contributed by atoms with van der Waals surface area (Å²) < 4.78 is 30.3. The number of carbonyl (C=O) groups excluding carboxylic acids is 1. The molecule has 4 rings (SSSR count). The smallest absolute Gasteiger partial charge is 0.259 e. The lowest BCUT2D eigenvalue weighted by Crippen LogP contribution is -2.36. The van der Waals surface area contributed by atoms with E-state index in [9.17, 15) is 4.79 Å². The molecule has 2 N–H and O–H groups in total. The van der Waals surface area contributed by atoms with Gasteiger partial charge < -0.3 is 33.6 Å². The van der Waals surface area contributed by atoms with Crippen molar-refractivity contribution < 1.29 is 23.7 Å². The molecule has 3 heterocycles. The van der Waals surface area contributed by atoms with Gasteiger partial charge in [-0.15, -0.1) is 0 Å². The van der Waals surface area contributed by atoms with E-state index in [1.54, 1.807) is 24.3 Å². The van der Waals surface area contributed by atoms with Crippen molar-refractivity contribution in [3.63, 3.8) is 0 Å². The number of nitrogens with zero attached hydrogens (tertiary/aromatic N) is 5. The van der Waals surface area contributed by atoms with Crippen LogP contribution in [-0.2, 0) is 13.8 Å². The van der Waals surface area contributed by atoms with Crippen LogP contribution in [0.5, 0.6) is 0 Å². The van der Waals surface area contributed by atoms with Crippen molar-refractivity contribution in [1.82, 2.24) is 19.2 Å². The Kier molecular flexibility index (Phi) is 9.48. The van der Waals surface area contributed by atoms with Crippen LogP contribution in [0.15, 0.2) is 48.9 Å². The fourth-order valence-electron chi connectivity index (χ4n) is 4.61. The summed E-state index contributed by atoms with van der Waals surface area (Å²) in [5.41, 5.74) is 1.12. The van der Waals surface area contributed by atoms with Gasteiger partial charge in [-0.3, -0.25) is 4.79 Å². The number of aliphatic hydroxyl groups excluding tert-OH is 1. The minimum absolute atomic E-state index is 0.0162. The van der Waals surface area contributed by atoms with Crippen molar-refractivity contribution in [2.24, 2.45) is 0 Å². The van der Waals surface area contributed by atoms with Crippen molar-refractivity contribution in [1.29, 1.82) is 1.43 Å². The second-order valence-electron chi connectivity index (χ2n) is 9.70. The van der Waals surface area contributed by atoms with Gasteiger partial charge >= 0.3 is 0 Å². The highest BCUT2D eigenvalue weighted by atomic mass is 31.2. The lowest BCUT2D eigenvalue weighted by molar-refractivity contribution is -0.0409. The molecule has 1 saturated heterocycles. The first-order chi connectivity index (χ1) is 19.3. The fraction of sp³-hybridized carbons (Fsp3) is 0.481. The van der Waals surface area contributed by atoms with E-state index in [0.717, 1.165) is 0 Å². The quantitative estimate of drug-likeness (QED) is 0.178. The first-order valence-corrected chi connectivity index (χ1v) is 14.1. The third-order valence-corrected chi connectivity index (χ3v) is 8.46. The minimum atomic E-state index is -1.50. The molecule has 0 aliphatic carbocycles. The van der Waals surface area contributed by atoms with Gasteiger partial charge in [0, 0.05) is 30.3 Å². The van der Waals surface area contributed by atoms with Gasteiger partial charge in [0.05, 0.1) is 18.1 Å². The van der Waals surface area contributed by atoms with Crippen LogP contribution < -0.4 is 5.32 Å². The van der Waals surface area contributed by atoms with Crippen molar-refractivity contribution in [2.75, 3.05) is 25.1 Å². The van der Waals surface area contributed by atoms with E-state index >= 15 is 0 Å². The molecule has 4 atom stereocenters. The zero-order chi connectivity index (χ0) is 28.6. The molecule has 1 aromatic carbocycles. The third-order valence-electron chi connectivity index (χ3n) is 6.31. The molecule has 11 nitrogen and oxygen atoms in total. The molecule has 1 amide bonds. The predicted molar refractivity (Wildman–Crippen MR) is 149 cm³/mol. The molecule has 12 heteroatoms. The van der Waals surface area contributed by atoms with E-state index in [1.165, 1.54) is 6.33 Å². The average molecular weight is 557 g/mol. The van der Waals surface area contributed by atoms with E-state index < -0.39 is 27.0 Å². The topological polar surface area (TPSA) is 115 Å². The molecular weight excluding hydrogens is 519 g/mol. The van der Waals surface area contributed by atoms with Gasteiger partial charge in [-0.25, -0.2) is 21.2 Å². The Labute approximate surface area is 231 Å². The van der Waals surface area contributed by atoms with Crippen molar-refractivity contribution in [2.45, 2.75) is 64.6 Å². The number of amides is 1. The molecule has 3 aromatic rings. The first-order valence-electron chi connectivity index (χ1n) is 13.4. The molecule has 1 aliphatic rings. The van der Waals surface area contributed by atoms with Crippen LogP contribution in [-0.4, -0.2) is 75.7 Å². The number of nitrogens with one attached hydrogen (secondary N) is 1. The van der Waals surface area contributed by atoms with Gasteiger partial charge in [0.15, 0.2) is 0 Å². The SMILES string of the molecule is [3H]OC[C@H]1O[C@@H](n2ccc3c(NC(=O)c4ccccc4)ncnc32)C[C@H]1OP(OCC[N+]#[C-])N(C(C)C)C(C)C. The second kappa shape index (κ2) is 13.4. The van der Waals surface area contributed by atoms with Gasteiger partial charge in [0.25, 0.3) is 14.4 Å². The summed E-state index contributed by atoms with van der Waals surface area (Å²) in [5, 5.41) is 8.27. The number of rotatable bonds is 13. The number of anilines is 1. The number of ether oxygens (including phenoxy) is 1. The van der Waals surface area contributed by atoms with Crippen molar-refractivity contribution in [3.8, 4) is 0 Å². The summed E-state index contributed by atoms with van der Waals surface area (Å²) in [4.78, 5) is 24.9. The molecule has 2 aromatic heterocycles. The largest absolute Gasteiger partial charge is 0.394 e. The summed E-state index contributed by atoms with van der Waals surface area (Å²) >= 11 is 0. The molecule has 0 radical (unpaired) electrons. The van der Waals surface area contributed by atoms with Gasteiger partial charge in [-0.1, -0.05) is 18.2 Å². The zero-order valence-corrected chi connectivity index (χ0v) is 23.5. The zero-order valence-electron chi connectivity index (χ0n) is 23.6. The normalized spacial score (nSPS) is 20.5. The molecule has 0 bridgehead atoms. The Morgan fingerprint density at radius 2 is 2.08 bits per heavy atom. The van der Waals surface area contributed by atoms with Crippen LogP contribution >= 0.6 is 8.53 Å². The molecule has 0 spiro atoms. The monoisotopic (exact) mass is 556 g/mol. The maximum Gasteiger partial charge on any atom is 0.259 e. The number of carbonyl (C=O) groups is 1. The number of aromatic nitrogens is 3. The number of fused-ring (bicyclic) bond motifs is 1. The maximum atomic E-state index is 12.7. The van der Waals surface area contributed by atoms with Gasteiger partial charge in [0.1, 0.15) is 36.7 Å². The van der Waals surface area contributed by atoms with Crippen LogP contribution in [0.2, 0.25) is 0 Å². The van der Waals surface area contributed by atoms with Crippen molar-refractivity contribution in [3.05, 3.63) is 65.9 Å². The summed E-state index contributed by atoms with van der Waals surface area (Å²) in [6, 6.07) is 11.1. The Morgan fingerprint density at radius 3 is 2.77 bits per heavy atom. The van der Waals surface area contributed by atoms with E-state index in [4.69, 9.17) is 26.9 Å². The van der Waals surface area contributed by atoms with E-state index in [-0.39, 0.29) is 37.7 Å². The van der Waals surface area contributed by atoms with Crippen LogP contribution in [0, 0.1) is 6.57 Å². The molecule has 1 aliphatic heterocycles. The van der Waals surface area contributed by atoms with E-state index in [2.05, 4.69) is 52.5 Å². The number of benzene rings is 1. The average Bonchev–Trinajstić information content (AvgIpc) is 3.53. The Hall–Kier alpha value is -2.97. The van der Waals surface area contributed by atoms with Crippen LogP contribution in [0.25, 0.3) is 15.9 Å². The maximum absolute atomic E-state index is 12.7. The first kappa shape index (κ1) is 27.6. The predicted octanol–water partition coefficient (Wildman–Crippen LogP) is 4.63. The highest BCUT2D eigenvalue weighted by Crippen LogP contribution is 2.50. The third kappa shape index (κ3) is 6.79. The van der Waals surface area contributed by atoms with Crippen LogP contribution in [0.1, 0.15) is 50.7 Å². The number of aliphatic hydroxyl groups is 1. The molecule has 1 fully saturated rings. The lowest BCUT2D eigenvalue weighted by atomic mass is 10.2. The summed E-state index contributed by atoms with van der Waals surface area (Å²) in [6.45, 7) is 15.9. The molecule has 39 heavy (non-hydrogen) atoms. The molecule has 0 saturated carbocycles. The summed E-state index contributed by atoms with van der Waals surface area (Å²) in [7, 11) is -1.50. The second-order valence-corrected chi connectivity index (χ2v) is 11.1. The van der Waals surface area contributed by atoms with Crippen LogP contribution in [0.4, 0.5) is 5.82 Å². The van der Waals surface area contributed by atoms with E-state index in [1.807, 2.05) is 22.9 Å². The highest BCUT2D eigenvalue weighted by molar-refractivity contribution is 7.44. The Balaban J connectivity index is 1.56. The molecular formula is C27H35N6O5P. The summed E-state index contributed by atoms with van der Waals surface area (Å²) in [5.74, 6) is 0.133. The summed E-state index contributed by atoms with van der Waals surface area (Å²) in [6.07, 6.45) is 2.30.